The van der Waals surface area contributed by atoms with Crippen molar-refractivity contribution in [1.29, 1.82) is 0 Å². The van der Waals surface area contributed by atoms with Gasteiger partial charge < -0.3 is 15.1 Å². The molecule has 1 N–H and O–H groups in total. The lowest BCUT2D eigenvalue weighted by Gasteiger charge is -2.15. The van der Waals surface area contributed by atoms with E-state index in [2.05, 4.69) is 5.32 Å². The number of carbonyl (C=O) groups excluding carboxylic acids is 2. The quantitative estimate of drug-likeness (QED) is 0.854. The Balaban J connectivity index is 2.29. The Morgan fingerprint density at radius 1 is 0.880 bits per heavy atom. The number of nitrogens with zero attached hydrogens (tertiary/aromatic N) is 2. The molecule has 0 aliphatic carbocycles. The summed E-state index contributed by atoms with van der Waals surface area (Å²) in [5, 5.41) is 2.72. The first-order valence-corrected chi connectivity index (χ1v) is 7.95. The van der Waals surface area contributed by atoms with E-state index in [9.17, 15) is 9.59 Å². The zero-order chi connectivity index (χ0) is 18.4. The van der Waals surface area contributed by atoms with Crippen LogP contribution in [0.1, 0.15) is 15.9 Å². The van der Waals surface area contributed by atoms with Gasteiger partial charge >= 0.3 is 0 Å². The molecule has 0 bridgehead atoms. The number of benzene rings is 2. The van der Waals surface area contributed by atoms with Gasteiger partial charge in [-0.25, -0.2) is 0 Å². The summed E-state index contributed by atoms with van der Waals surface area (Å²) in [4.78, 5) is 28.2. The van der Waals surface area contributed by atoms with E-state index >= 15 is 0 Å². The zero-order valence-corrected chi connectivity index (χ0v) is 15.0. The van der Waals surface area contributed by atoms with Crippen LogP contribution in [-0.4, -0.2) is 44.9 Å². The van der Waals surface area contributed by atoms with Crippen molar-refractivity contribution >= 4 is 23.6 Å². The largest absolute Gasteiger partial charge is 0.378 e. The Labute approximate surface area is 148 Å². The summed E-state index contributed by atoms with van der Waals surface area (Å²) in [6.45, 7) is 0. The van der Waals surface area contributed by atoms with E-state index in [1.54, 1.807) is 44.4 Å². The molecule has 0 unspecified atom stereocenters. The highest BCUT2D eigenvalue weighted by atomic mass is 16.2. The molecule has 0 saturated heterocycles. The Morgan fingerprint density at radius 2 is 1.48 bits per heavy atom. The predicted molar refractivity (Wildman–Crippen MR) is 101 cm³/mol. The van der Waals surface area contributed by atoms with Crippen LogP contribution >= 0.6 is 0 Å². The van der Waals surface area contributed by atoms with E-state index in [-0.39, 0.29) is 17.5 Å². The van der Waals surface area contributed by atoms with Crippen LogP contribution in [0, 0.1) is 0 Å². The first-order valence-electron chi connectivity index (χ1n) is 7.95. The van der Waals surface area contributed by atoms with Gasteiger partial charge in [0.2, 0.25) is 0 Å². The average molecular weight is 337 g/mol. The highest BCUT2D eigenvalue weighted by Crippen LogP contribution is 2.15. The molecule has 0 radical (unpaired) electrons. The van der Waals surface area contributed by atoms with Gasteiger partial charge in [-0.3, -0.25) is 9.59 Å². The Bertz CT molecular complexity index is 763. The summed E-state index contributed by atoms with van der Waals surface area (Å²) in [6.07, 6.45) is 1.68. The highest BCUT2D eigenvalue weighted by molar-refractivity contribution is 6.05. The van der Waals surface area contributed by atoms with Crippen LogP contribution in [0.5, 0.6) is 0 Å². The van der Waals surface area contributed by atoms with Crippen molar-refractivity contribution in [3.8, 4) is 0 Å². The molecule has 0 saturated carbocycles. The summed E-state index contributed by atoms with van der Waals surface area (Å²) in [5.74, 6) is -0.576. The minimum Gasteiger partial charge on any atom is -0.378 e. The average Bonchev–Trinajstić information content (AvgIpc) is 2.61. The van der Waals surface area contributed by atoms with Crippen molar-refractivity contribution in [1.82, 2.24) is 10.2 Å². The number of hydrogen-bond donors (Lipinski definition) is 1. The molecule has 0 fully saturated rings. The molecule has 2 rings (SSSR count). The van der Waals surface area contributed by atoms with Crippen LogP contribution in [0.4, 0.5) is 5.69 Å². The highest BCUT2D eigenvalue weighted by Gasteiger charge is 2.16. The van der Waals surface area contributed by atoms with Crippen LogP contribution in [0.15, 0.2) is 60.3 Å². The van der Waals surface area contributed by atoms with E-state index in [0.29, 0.717) is 5.56 Å². The maximum Gasteiger partial charge on any atom is 0.269 e. The second kappa shape index (κ2) is 8.15. The molecule has 0 aliphatic heterocycles. The number of rotatable bonds is 5. The molecular formula is C20H23N3O2. The third-order valence-corrected chi connectivity index (χ3v) is 3.64. The van der Waals surface area contributed by atoms with E-state index in [1.807, 2.05) is 49.3 Å². The lowest BCUT2D eigenvalue weighted by molar-refractivity contribution is -0.124. The van der Waals surface area contributed by atoms with Gasteiger partial charge in [0.05, 0.1) is 0 Å². The second-order valence-electron chi connectivity index (χ2n) is 6.06. The number of anilines is 1. The molecule has 2 aromatic rings. The fourth-order valence-corrected chi connectivity index (χ4v) is 2.21. The molecule has 0 aliphatic rings. The van der Waals surface area contributed by atoms with E-state index in [1.165, 1.54) is 4.90 Å². The smallest absolute Gasteiger partial charge is 0.269 e. The van der Waals surface area contributed by atoms with Gasteiger partial charge in [-0.2, -0.15) is 0 Å². The molecule has 5 nitrogen and oxygen atoms in total. The maximum absolute atomic E-state index is 12.4. The molecule has 5 heteroatoms. The topological polar surface area (TPSA) is 52.7 Å². The predicted octanol–water partition coefficient (Wildman–Crippen LogP) is 2.61. The fraction of sp³-hybridized carbons (Fsp3) is 0.200. The van der Waals surface area contributed by atoms with Gasteiger partial charge in [0.1, 0.15) is 5.70 Å². The number of carbonyl (C=O) groups is 2. The third kappa shape index (κ3) is 4.94. The minimum atomic E-state index is -0.313. The Hall–Kier alpha value is -3.08. The molecular weight excluding hydrogens is 314 g/mol. The summed E-state index contributed by atoms with van der Waals surface area (Å²) >= 11 is 0. The normalized spacial score (nSPS) is 11.0. The number of likely N-dealkylation sites (N-methyl/N-ethyl adjacent to an activating group) is 1. The van der Waals surface area contributed by atoms with E-state index < -0.39 is 0 Å². The number of hydrogen-bond acceptors (Lipinski definition) is 3. The van der Waals surface area contributed by atoms with Crippen LogP contribution in [0.25, 0.3) is 6.08 Å². The monoisotopic (exact) mass is 337 g/mol. The molecule has 0 spiro atoms. The first-order chi connectivity index (χ1) is 11.9. The Morgan fingerprint density at radius 3 is 2.00 bits per heavy atom. The molecule has 25 heavy (non-hydrogen) atoms. The van der Waals surface area contributed by atoms with Crippen LogP contribution in [0.2, 0.25) is 0 Å². The summed E-state index contributed by atoms with van der Waals surface area (Å²) < 4.78 is 0. The number of amides is 2. The maximum atomic E-state index is 12.4. The van der Waals surface area contributed by atoms with Crippen molar-refractivity contribution in [2.24, 2.45) is 0 Å². The standard InChI is InChI=1S/C20H23N3O2/c1-22(2)17-12-10-15(11-13-17)14-18(20(25)23(3)4)21-19(24)16-8-6-5-7-9-16/h5-14H,1-4H3,(H,21,24). The van der Waals surface area contributed by atoms with E-state index in [4.69, 9.17) is 0 Å². The van der Waals surface area contributed by atoms with E-state index in [0.717, 1.165) is 11.3 Å². The lowest BCUT2D eigenvalue weighted by atomic mass is 10.1. The number of nitrogens with one attached hydrogen (secondary N) is 1. The summed E-state index contributed by atoms with van der Waals surface area (Å²) in [7, 11) is 7.23. The molecule has 2 aromatic carbocycles. The van der Waals surface area contributed by atoms with Gasteiger partial charge in [-0.1, -0.05) is 30.3 Å². The molecule has 2 amide bonds. The molecule has 0 heterocycles. The van der Waals surface area contributed by atoms with Crippen LogP contribution < -0.4 is 10.2 Å². The molecule has 0 atom stereocenters. The Kier molecular flexibility index (Phi) is 5.95. The van der Waals surface area contributed by atoms with Gasteiger partial charge in [0.25, 0.3) is 11.8 Å². The SMILES string of the molecule is CN(C)C(=O)C(=Cc1ccc(N(C)C)cc1)NC(=O)c1ccccc1. The van der Waals surface area contributed by atoms with Crippen molar-refractivity contribution in [2.45, 2.75) is 0 Å². The van der Waals surface area contributed by atoms with Gasteiger partial charge in [-0.05, 0) is 35.9 Å². The summed E-state index contributed by atoms with van der Waals surface area (Å²) in [5.41, 5.74) is 2.63. The minimum absolute atomic E-state index is 0.233. The van der Waals surface area contributed by atoms with Crippen molar-refractivity contribution in [3.05, 3.63) is 71.4 Å². The molecule has 130 valence electrons. The van der Waals surface area contributed by atoms with Crippen molar-refractivity contribution < 1.29 is 9.59 Å². The van der Waals surface area contributed by atoms with Gasteiger partial charge in [0, 0.05) is 39.4 Å². The fourth-order valence-electron chi connectivity index (χ4n) is 2.21. The first kappa shape index (κ1) is 18.3. The lowest BCUT2D eigenvalue weighted by Crippen LogP contribution is -2.34. The van der Waals surface area contributed by atoms with Crippen LogP contribution in [-0.2, 0) is 4.79 Å². The zero-order valence-electron chi connectivity index (χ0n) is 15.0. The van der Waals surface area contributed by atoms with Gasteiger partial charge in [-0.15, -0.1) is 0 Å². The van der Waals surface area contributed by atoms with Crippen LogP contribution in [0.3, 0.4) is 0 Å². The third-order valence-electron chi connectivity index (χ3n) is 3.64. The summed E-state index contributed by atoms with van der Waals surface area (Å²) in [6, 6.07) is 16.6. The van der Waals surface area contributed by atoms with Crippen molar-refractivity contribution in [3.63, 3.8) is 0 Å². The molecule has 0 aromatic heterocycles. The van der Waals surface area contributed by atoms with Crippen molar-refractivity contribution in [2.75, 3.05) is 33.1 Å². The second-order valence-corrected chi connectivity index (χ2v) is 6.06. The van der Waals surface area contributed by atoms with Gasteiger partial charge in [0.15, 0.2) is 0 Å².